The molecule has 1 saturated heterocycles. The first-order chi connectivity index (χ1) is 11.7. The number of rotatable bonds is 3. The third-order valence-corrected chi connectivity index (χ3v) is 4.07. The molecule has 1 fully saturated rings. The van der Waals surface area contributed by atoms with Gasteiger partial charge in [-0.2, -0.15) is 18.4 Å². The van der Waals surface area contributed by atoms with Gasteiger partial charge in [0.05, 0.1) is 0 Å². The number of alkyl halides is 3. The van der Waals surface area contributed by atoms with Crippen LogP contribution in [0.1, 0.15) is 30.9 Å². The van der Waals surface area contributed by atoms with Crippen LogP contribution in [0.5, 0.6) is 0 Å². The number of nitriles is 1. The van der Waals surface area contributed by atoms with E-state index >= 15 is 0 Å². The molecule has 1 aliphatic heterocycles. The number of amides is 1. The van der Waals surface area contributed by atoms with Crippen molar-refractivity contribution < 1.29 is 18.0 Å². The summed E-state index contributed by atoms with van der Waals surface area (Å²) in [5.41, 5.74) is -0.684. The Morgan fingerprint density at radius 2 is 1.76 bits per heavy atom. The van der Waals surface area contributed by atoms with E-state index in [1.807, 2.05) is 4.90 Å². The summed E-state index contributed by atoms with van der Waals surface area (Å²) in [7, 11) is 0. The number of allylic oxidation sites excluding steroid dienone is 1. The van der Waals surface area contributed by atoms with Crippen LogP contribution in [-0.2, 0) is 4.79 Å². The Kier molecular flexibility index (Phi) is 5.62. The molecule has 0 saturated carbocycles. The van der Waals surface area contributed by atoms with Gasteiger partial charge in [-0.05, 0) is 26.7 Å². The zero-order valence-electron chi connectivity index (χ0n) is 14.0. The van der Waals surface area contributed by atoms with Gasteiger partial charge in [0.15, 0.2) is 5.71 Å². The largest absolute Gasteiger partial charge is 0.434 e. The molecule has 0 N–H and O–H groups in total. The van der Waals surface area contributed by atoms with E-state index in [-0.39, 0.29) is 11.1 Å². The van der Waals surface area contributed by atoms with E-state index in [1.165, 1.54) is 24.3 Å². The number of benzene rings is 1. The third kappa shape index (κ3) is 4.47. The molecule has 132 valence electrons. The molecule has 2 rings (SSSR count). The third-order valence-electron chi connectivity index (χ3n) is 4.07. The molecule has 0 bridgehead atoms. The summed E-state index contributed by atoms with van der Waals surface area (Å²) in [6, 6.07) is 7.26. The van der Waals surface area contributed by atoms with Crippen LogP contribution in [0, 0.1) is 18.3 Å². The van der Waals surface area contributed by atoms with Crippen LogP contribution in [0.15, 0.2) is 40.5 Å². The first-order valence-electron chi connectivity index (χ1n) is 7.87. The Bertz CT molecular complexity index is 749. The molecule has 0 radical (unpaired) electrons. The molecule has 1 heterocycles. The zero-order chi connectivity index (χ0) is 18.6. The van der Waals surface area contributed by atoms with Gasteiger partial charge < -0.3 is 4.90 Å². The number of hydrogen-bond acceptors (Lipinski definition) is 3. The SMILES string of the molecule is C/C(=C(/C#N)C(=O)N=C(c1ccc(C)cc1)C(F)(F)F)N1CCCC1. The predicted molar refractivity (Wildman–Crippen MR) is 87.9 cm³/mol. The number of halogens is 3. The molecule has 0 spiro atoms. The smallest absolute Gasteiger partial charge is 0.374 e. The maximum absolute atomic E-state index is 13.3. The van der Waals surface area contributed by atoms with Gasteiger partial charge in [-0.25, -0.2) is 4.99 Å². The molecular formula is C18H18F3N3O. The van der Waals surface area contributed by atoms with Crippen molar-refractivity contribution in [3.05, 3.63) is 46.7 Å². The van der Waals surface area contributed by atoms with Crippen molar-refractivity contribution in [2.75, 3.05) is 13.1 Å². The van der Waals surface area contributed by atoms with E-state index in [0.717, 1.165) is 18.4 Å². The second-order valence-corrected chi connectivity index (χ2v) is 5.90. The van der Waals surface area contributed by atoms with Gasteiger partial charge in [0.25, 0.3) is 5.91 Å². The molecule has 1 amide bonds. The lowest BCUT2D eigenvalue weighted by molar-refractivity contribution is -0.114. The van der Waals surface area contributed by atoms with Crippen LogP contribution in [0.2, 0.25) is 0 Å². The molecule has 0 aliphatic carbocycles. The van der Waals surface area contributed by atoms with Crippen LogP contribution in [-0.4, -0.2) is 35.8 Å². The van der Waals surface area contributed by atoms with Crippen molar-refractivity contribution in [3.8, 4) is 6.07 Å². The Morgan fingerprint density at radius 3 is 2.24 bits per heavy atom. The minimum atomic E-state index is -4.80. The molecule has 4 nitrogen and oxygen atoms in total. The van der Waals surface area contributed by atoms with E-state index in [0.29, 0.717) is 18.8 Å². The fourth-order valence-electron chi connectivity index (χ4n) is 2.65. The second-order valence-electron chi connectivity index (χ2n) is 5.90. The maximum atomic E-state index is 13.3. The monoisotopic (exact) mass is 349 g/mol. The maximum Gasteiger partial charge on any atom is 0.434 e. The van der Waals surface area contributed by atoms with Gasteiger partial charge in [-0.1, -0.05) is 29.8 Å². The van der Waals surface area contributed by atoms with Gasteiger partial charge in [0.1, 0.15) is 11.6 Å². The van der Waals surface area contributed by atoms with E-state index in [1.54, 1.807) is 19.9 Å². The average molecular weight is 349 g/mol. The summed E-state index contributed by atoms with van der Waals surface area (Å²) in [6.45, 7) is 4.67. The minimum Gasteiger partial charge on any atom is -0.374 e. The highest BCUT2D eigenvalue weighted by atomic mass is 19.4. The minimum absolute atomic E-state index is 0.206. The van der Waals surface area contributed by atoms with Crippen LogP contribution >= 0.6 is 0 Å². The van der Waals surface area contributed by atoms with Crippen molar-refractivity contribution in [3.63, 3.8) is 0 Å². The number of aliphatic imine (C=N–C) groups is 1. The lowest BCUT2D eigenvalue weighted by atomic mass is 10.1. The lowest BCUT2D eigenvalue weighted by Crippen LogP contribution is -2.26. The Hall–Kier alpha value is -2.62. The number of hydrogen-bond donors (Lipinski definition) is 0. The molecule has 1 aromatic rings. The van der Waals surface area contributed by atoms with E-state index in [4.69, 9.17) is 0 Å². The van der Waals surface area contributed by atoms with Crippen molar-refractivity contribution >= 4 is 11.6 Å². The molecule has 7 heteroatoms. The summed E-state index contributed by atoms with van der Waals surface area (Å²) in [4.78, 5) is 17.4. The quantitative estimate of drug-likeness (QED) is 0.474. The fourth-order valence-corrected chi connectivity index (χ4v) is 2.65. The topological polar surface area (TPSA) is 56.5 Å². The van der Waals surface area contributed by atoms with E-state index < -0.39 is 17.8 Å². The summed E-state index contributed by atoms with van der Waals surface area (Å²) in [5.74, 6) is -1.17. The van der Waals surface area contributed by atoms with Crippen molar-refractivity contribution in [2.24, 2.45) is 4.99 Å². The number of carbonyl (C=O) groups excluding carboxylic acids is 1. The molecule has 0 aromatic heterocycles. The Labute approximate surface area is 144 Å². The van der Waals surface area contributed by atoms with Gasteiger partial charge in [0, 0.05) is 24.4 Å². The van der Waals surface area contributed by atoms with Crippen molar-refractivity contribution in [1.29, 1.82) is 5.26 Å². The summed E-state index contributed by atoms with van der Waals surface area (Å²) in [6.07, 6.45) is -2.96. The molecule has 0 atom stereocenters. The number of nitrogens with zero attached hydrogens (tertiary/aromatic N) is 3. The van der Waals surface area contributed by atoms with E-state index in [9.17, 15) is 23.2 Å². The Balaban J connectivity index is 2.44. The highest BCUT2D eigenvalue weighted by molar-refractivity contribution is 6.13. The normalized spacial score (nSPS) is 16.5. The fraction of sp³-hybridized carbons (Fsp3) is 0.389. The highest BCUT2D eigenvalue weighted by Gasteiger charge is 2.38. The summed E-state index contributed by atoms with van der Waals surface area (Å²) in [5, 5.41) is 9.24. The zero-order valence-corrected chi connectivity index (χ0v) is 14.0. The number of carbonyl (C=O) groups is 1. The predicted octanol–water partition coefficient (Wildman–Crippen LogP) is 3.77. The molecule has 25 heavy (non-hydrogen) atoms. The second kappa shape index (κ2) is 7.51. The molecule has 1 aliphatic rings. The lowest BCUT2D eigenvalue weighted by Gasteiger charge is -2.19. The standard InChI is InChI=1S/C18H18F3N3O/c1-12-5-7-14(8-6-12)16(18(19,20)21)23-17(25)15(11-22)13(2)24-9-3-4-10-24/h5-8H,3-4,9-10H2,1-2H3/b15-13+,23-16?. The van der Waals surface area contributed by atoms with Gasteiger partial charge in [-0.3, -0.25) is 4.79 Å². The summed E-state index contributed by atoms with van der Waals surface area (Å²) >= 11 is 0. The van der Waals surface area contributed by atoms with Crippen LogP contribution in [0.4, 0.5) is 13.2 Å². The van der Waals surface area contributed by atoms with Crippen molar-refractivity contribution in [1.82, 2.24) is 4.90 Å². The first kappa shape index (κ1) is 18.7. The molecule has 1 aromatic carbocycles. The Morgan fingerprint density at radius 1 is 1.20 bits per heavy atom. The van der Waals surface area contributed by atoms with Gasteiger partial charge >= 0.3 is 6.18 Å². The average Bonchev–Trinajstić information content (AvgIpc) is 3.07. The van der Waals surface area contributed by atoms with Gasteiger partial charge in [-0.15, -0.1) is 0 Å². The molecular weight excluding hydrogens is 331 g/mol. The van der Waals surface area contributed by atoms with Gasteiger partial charge in [0.2, 0.25) is 0 Å². The van der Waals surface area contributed by atoms with E-state index in [2.05, 4.69) is 4.99 Å². The summed E-state index contributed by atoms with van der Waals surface area (Å²) < 4.78 is 40.0. The van der Waals surface area contributed by atoms with Crippen LogP contribution < -0.4 is 0 Å². The highest BCUT2D eigenvalue weighted by Crippen LogP contribution is 2.24. The number of likely N-dealkylation sites (tertiary alicyclic amines) is 1. The molecule has 0 unspecified atom stereocenters. The number of aryl methyl sites for hydroxylation is 1. The van der Waals surface area contributed by atoms with Crippen LogP contribution in [0.3, 0.4) is 0 Å². The first-order valence-corrected chi connectivity index (χ1v) is 7.87. The van der Waals surface area contributed by atoms with Crippen LogP contribution in [0.25, 0.3) is 0 Å². The van der Waals surface area contributed by atoms with Crippen molar-refractivity contribution in [2.45, 2.75) is 32.9 Å².